The Morgan fingerprint density at radius 1 is 1.36 bits per heavy atom. The van der Waals surface area contributed by atoms with Gasteiger partial charge in [0, 0.05) is 5.54 Å². The zero-order chi connectivity index (χ0) is 10.8. The quantitative estimate of drug-likeness (QED) is 0.735. The second-order valence-electron chi connectivity index (χ2n) is 5.64. The van der Waals surface area contributed by atoms with Gasteiger partial charge >= 0.3 is 0 Å². The third-order valence-electron chi connectivity index (χ3n) is 4.41. The fourth-order valence-corrected chi connectivity index (χ4v) is 2.89. The molecule has 3 unspecified atom stereocenters. The highest BCUT2D eigenvalue weighted by molar-refractivity contribution is 4.95. The Bertz CT molecular complexity index is 176. The van der Waals surface area contributed by atoms with Crippen LogP contribution >= 0.6 is 0 Å². The molecule has 0 bridgehead atoms. The molecule has 1 nitrogen and oxygen atoms in total. The Balaban J connectivity index is 2.63. The maximum atomic E-state index is 6.57. The lowest BCUT2D eigenvalue weighted by molar-refractivity contribution is 0.129. The van der Waals surface area contributed by atoms with Gasteiger partial charge < -0.3 is 5.73 Å². The summed E-state index contributed by atoms with van der Waals surface area (Å²) in [7, 11) is 0. The van der Waals surface area contributed by atoms with Crippen molar-refractivity contribution in [1.29, 1.82) is 0 Å². The van der Waals surface area contributed by atoms with Gasteiger partial charge in [-0.2, -0.15) is 0 Å². The first-order valence-electron chi connectivity index (χ1n) is 6.28. The average Bonchev–Trinajstić information content (AvgIpc) is 2.16. The predicted molar refractivity (Wildman–Crippen MR) is 63.2 cm³/mol. The number of nitrogens with two attached hydrogens (primary N) is 1. The van der Waals surface area contributed by atoms with Gasteiger partial charge in [-0.05, 0) is 30.6 Å². The zero-order valence-electron chi connectivity index (χ0n) is 10.3. The summed E-state index contributed by atoms with van der Waals surface area (Å²) in [6, 6.07) is 0. The maximum Gasteiger partial charge on any atom is 0.0185 e. The Kier molecular flexibility index (Phi) is 4.00. The zero-order valence-corrected chi connectivity index (χ0v) is 10.3. The molecule has 1 heteroatoms. The van der Waals surface area contributed by atoms with Crippen LogP contribution in [-0.4, -0.2) is 5.54 Å². The lowest BCUT2D eigenvalue weighted by Crippen LogP contribution is -2.51. The first-order chi connectivity index (χ1) is 6.49. The molecule has 3 atom stereocenters. The van der Waals surface area contributed by atoms with Gasteiger partial charge in [-0.3, -0.25) is 0 Å². The van der Waals surface area contributed by atoms with E-state index in [-0.39, 0.29) is 5.54 Å². The van der Waals surface area contributed by atoms with Crippen molar-refractivity contribution in [3.05, 3.63) is 0 Å². The van der Waals surface area contributed by atoms with E-state index >= 15 is 0 Å². The fourth-order valence-electron chi connectivity index (χ4n) is 2.89. The number of rotatable bonds is 3. The van der Waals surface area contributed by atoms with Crippen LogP contribution < -0.4 is 5.73 Å². The summed E-state index contributed by atoms with van der Waals surface area (Å²) in [5.41, 5.74) is 6.70. The molecule has 0 aliphatic heterocycles. The Morgan fingerprint density at radius 3 is 2.50 bits per heavy atom. The summed E-state index contributed by atoms with van der Waals surface area (Å²) < 4.78 is 0. The van der Waals surface area contributed by atoms with Gasteiger partial charge in [0.15, 0.2) is 0 Å². The van der Waals surface area contributed by atoms with E-state index in [0.717, 1.165) is 11.8 Å². The second-order valence-corrected chi connectivity index (χ2v) is 5.64. The Labute approximate surface area is 89.5 Å². The van der Waals surface area contributed by atoms with Crippen molar-refractivity contribution < 1.29 is 0 Å². The van der Waals surface area contributed by atoms with Crippen LogP contribution in [0.2, 0.25) is 0 Å². The van der Waals surface area contributed by atoms with Gasteiger partial charge in [0.25, 0.3) is 0 Å². The minimum Gasteiger partial charge on any atom is -0.325 e. The molecule has 2 N–H and O–H groups in total. The van der Waals surface area contributed by atoms with E-state index in [1.807, 2.05) is 0 Å². The molecule has 0 aromatic rings. The molecular weight excluding hydrogens is 170 g/mol. The SMILES string of the molecule is CCC1CCCC(N)(C(C)C(C)C)C1. The van der Waals surface area contributed by atoms with E-state index in [1.54, 1.807) is 0 Å². The Hall–Kier alpha value is -0.0400. The summed E-state index contributed by atoms with van der Waals surface area (Å²) >= 11 is 0. The molecule has 0 radical (unpaired) electrons. The van der Waals surface area contributed by atoms with Crippen molar-refractivity contribution in [1.82, 2.24) is 0 Å². The van der Waals surface area contributed by atoms with Crippen molar-refractivity contribution in [3.63, 3.8) is 0 Å². The molecule has 1 rings (SSSR count). The minimum atomic E-state index is 0.132. The molecule has 1 aliphatic carbocycles. The molecular formula is C13H27N. The van der Waals surface area contributed by atoms with Gasteiger partial charge in [-0.25, -0.2) is 0 Å². The van der Waals surface area contributed by atoms with Crippen molar-refractivity contribution >= 4 is 0 Å². The summed E-state index contributed by atoms with van der Waals surface area (Å²) in [6.45, 7) is 9.24. The molecule has 1 saturated carbocycles. The topological polar surface area (TPSA) is 26.0 Å². The lowest BCUT2D eigenvalue weighted by atomic mass is 9.66. The molecule has 14 heavy (non-hydrogen) atoms. The van der Waals surface area contributed by atoms with Crippen LogP contribution in [-0.2, 0) is 0 Å². The van der Waals surface area contributed by atoms with Gasteiger partial charge in [0.1, 0.15) is 0 Å². The molecule has 1 fully saturated rings. The standard InChI is InChI=1S/C13H27N/c1-5-12-7-6-8-13(14,9-12)11(4)10(2)3/h10-12H,5-9,14H2,1-4H3. The summed E-state index contributed by atoms with van der Waals surface area (Å²) in [6.07, 6.45) is 6.54. The van der Waals surface area contributed by atoms with E-state index in [1.165, 1.54) is 32.1 Å². The van der Waals surface area contributed by atoms with Crippen LogP contribution in [0, 0.1) is 17.8 Å². The second kappa shape index (κ2) is 4.65. The Morgan fingerprint density at radius 2 is 2.00 bits per heavy atom. The highest BCUT2D eigenvalue weighted by atomic mass is 14.8. The number of hydrogen-bond acceptors (Lipinski definition) is 1. The average molecular weight is 197 g/mol. The molecule has 1 aliphatic rings. The van der Waals surface area contributed by atoms with Crippen LogP contribution in [0.3, 0.4) is 0 Å². The van der Waals surface area contributed by atoms with Crippen molar-refractivity contribution in [2.75, 3.05) is 0 Å². The van der Waals surface area contributed by atoms with Gasteiger partial charge in [-0.15, -0.1) is 0 Å². The molecule has 0 spiro atoms. The highest BCUT2D eigenvalue weighted by Crippen LogP contribution is 2.39. The predicted octanol–water partition coefficient (Wildman–Crippen LogP) is 3.58. The van der Waals surface area contributed by atoms with E-state index in [2.05, 4.69) is 27.7 Å². The highest BCUT2D eigenvalue weighted by Gasteiger charge is 2.37. The third-order valence-corrected chi connectivity index (χ3v) is 4.41. The minimum absolute atomic E-state index is 0.132. The number of hydrogen-bond donors (Lipinski definition) is 1. The van der Waals surface area contributed by atoms with Crippen LogP contribution in [0.1, 0.15) is 59.8 Å². The van der Waals surface area contributed by atoms with Crippen LogP contribution in [0.4, 0.5) is 0 Å². The van der Waals surface area contributed by atoms with Crippen molar-refractivity contribution in [2.24, 2.45) is 23.5 Å². The van der Waals surface area contributed by atoms with Crippen LogP contribution in [0.25, 0.3) is 0 Å². The van der Waals surface area contributed by atoms with E-state index in [4.69, 9.17) is 5.73 Å². The van der Waals surface area contributed by atoms with Crippen LogP contribution in [0.5, 0.6) is 0 Å². The molecule has 0 saturated heterocycles. The molecule has 0 aromatic carbocycles. The largest absolute Gasteiger partial charge is 0.325 e. The first kappa shape index (κ1) is 12.0. The molecule has 0 aromatic heterocycles. The normalized spacial score (nSPS) is 36.0. The summed E-state index contributed by atoms with van der Waals surface area (Å²) in [4.78, 5) is 0. The summed E-state index contributed by atoms with van der Waals surface area (Å²) in [5, 5.41) is 0. The molecule has 0 heterocycles. The van der Waals surface area contributed by atoms with Gasteiger partial charge in [0.05, 0.1) is 0 Å². The van der Waals surface area contributed by atoms with Crippen molar-refractivity contribution in [3.8, 4) is 0 Å². The van der Waals surface area contributed by atoms with Crippen LogP contribution in [0.15, 0.2) is 0 Å². The monoisotopic (exact) mass is 197 g/mol. The van der Waals surface area contributed by atoms with E-state index < -0.39 is 0 Å². The first-order valence-corrected chi connectivity index (χ1v) is 6.28. The van der Waals surface area contributed by atoms with E-state index in [9.17, 15) is 0 Å². The molecule has 0 amide bonds. The smallest absolute Gasteiger partial charge is 0.0185 e. The molecule has 84 valence electrons. The maximum absolute atomic E-state index is 6.57. The summed E-state index contributed by atoms with van der Waals surface area (Å²) in [5.74, 6) is 2.27. The van der Waals surface area contributed by atoms with Gasteiger partial charge in [0.2, 0.25) is 0 Å². The fraction of sp³-hybridized carbons (Fsp3) is 1.00. The third kappa shape index (κ3) is 2.50. The lowest BCUT2D eigenvalue weighted by Gasteiger charge is -2.44. The van der Waals surface area contributed by atoms with E-state index in [0.29, 0.717) is 5.92 Å². The van der Waals surface area contributed by atoms with Crippen molar-refractivity contribution in [2.45, 2.75) is 65.3 Å². The van der Waals surface area contributed by atoms with Gasteiger partial charge in [-0.1, -0.05) is 47.0 Å².